The third-order valence-electron chi connectivity index (χ3n) is 3.15. The highest BCUT2D eigenvalue weighted by Crippen LogP contribution is 2.26. The molecule has 0 saturated heterocycles. The van der Waals surface area contributed by atoms with E-state index >= 15 is 0 Å². The van der Waals surface area contributed by atoms with Crippen LogP contribution in [0, 0.1) is 11.8 Å². The maximum absolute atomic E-state index is 11.5. The van der Waals surface area contributed by atoms with E-state index in [1.165, 1.54) is 6.42 Å². The second kappa shape index (κ2) is 4.09. The van der Waals surface area contributed by atoms with Crippen molar-refractivity contribution in [3.05, 3.63) is 0 Å². The van der Waals surface area contributed by atoms with Gasteiger partial charge < -0.3 is 11.1 Å². The lowest BCUT2D eigenvalue weighted by molar-refractivity contribution is -0.126. The Kier molecular flexibility index (Phi) is 3.31. The minimum absolute atomic E-state index is 0.0598. The van der Waals surface area contributed by atoms with Crippen molar-refractivity contribution < 1.29 is 4.79 Å². The van der Waals surface area contributed by atoms with E-state index in [0.29, 0.717) is 12.0 Å². The molecular formula is C10H20N2O. The Morgan fingerprint density at radius 2 is 2.08 bits per heavy atom. The van der Waals surface area contributed by atoms with Gasteiger partial charge in [-0.1, -0.05) is 13.8 Å². The zero-order valence-corrected chi connectivity index (χ0v) is 8.71. The fourth-order valence-electron chi connectivity index (χ4n) is 1.43. The molecule has 0 aromatic carbocycles. The van der Waals surface area contributed by atoms with E-state index in [1.807, 2.05) is 13.8 Å². The standard InChI is InChI=1S/C10H20N2O/c1-6-4-5-9(6)12-10(13)7(2)8(3)11/h6-9H,4-5,11H2,1-3H3,(H,12,13). The molecule has 1 aliphatic carbocycles. The van der Waals surface area contributed by atoms with Gasteiger partial charge in [-0.05, 0) is 25.7 Å². The fourth-order valence-corrected chi connectivity index (χ4v) is 1.43. The van der Waals surface area contributed by atoms with E-state index in [-0.39, 0.29) is 17.9 Å². The van der Waals surface area contributed by atoms with Crippen LogP contribution in [0.15, 0.2) is 0 Å². The van der Waals surface area contributed by atoms with Gasteiger partial charge in [-0.3, -0.25) is 4.79 Å². The Bertz CT molecular complexity index is 191. The molecule has 0 bridgehead atoms. The van der Waals surface area contributed by atoms with Crippen LogP contribution in [0.1, 0.15) is 33.6 Å². The number of carbonyl (C=O) groups is 1. The summed E-state index contributed by atoms with van der Waals surface area (Å²) < 4.78 is 0. The van der Waals surface area contributed by atoms with Crippen LogP contribution in [-0.2, 0) is 4.79 Å². The average Bonchev–Trinajstić information content (AvgIpc) is 2.09. The predicted octanol–water partition coefficient (Wildman–Crippen LogP) is 0.884. The molecule has 1 rings (SSSR count). The minimum Gasteiger partial charge on any atom is -0.353 e. The molecule has 0 heterocycles. The summed E-state index contributed by atoms with van der Waals surface area (Å²) in [5.41, 5.74) is 5.65. The van der Waals surface area contributed by atoms with Crippen LogP contribution in [0.4, 0.5) is 0 Å². The lowest BCUT2D eigenvalue weighted by Crippen LogP contribution is -2.49. The topological polar surface area (TPSA) is 55.1 Å². The molecule has 0 aromatic heterocycles. The van der Waals surface area contributed by atoms with Crippen molar-refractivity contribution in [2.24, 2.45) is 17.6 Å². The SMILES string of the molecule is CC(N)C(C)C(=O)NC1CCC1C. The van der Waals surface area contributed by atoms with E-state index in [9.17, 15) is 4.79 Å². The molecule has 0 aromatic rings. The molecule has 4 unspecified atom stereocenters. The number of nitrogens with two attached hydrogens (primary N) is 1. The number of nitrogens with one attached hydrogen (secondary N) is 1. The maximum atomic E-state index is 11.5. The van der Waals surface area contributed by atoms with E-state index in [2.05, 4.69) is 12.2 Å². The Hall–Kier alpha value is -0.570. The molecule has 1 amide bonds. The van der Waals surface area contributed by atoms with Gasteiger partial charge >= 0.3 is 0 Å². The molecule has 4 atom stereocenters. The van der Waals surface area contributed by atoms with E-state index < -0.39 is 0 Å². The Balaban J connectivity index is 2.32. The first-order valence-electron chi connectivity index (χ1n) is 5.08. The molecular weight excluding hydrogens is 164 g/mol. The van der Waals surface area contributed by atoms with Crippen molar-refractivity contribution in [1.29, 1.82) is 0 Å². The van der Waals surface area contributed by atoms with Crippen molar-refractivity contribution in [2.45, 2.75) is 45.7 Å². The van der Waals surface area contributed by atoms with Crippen molar-refractivity contribution in [3.63, 3.8) is 0 Å². The number of amides is 1. The highest BCUT2D eigenvalue weighted by atomic mass is 16.2. The third-order valence-corrected chi connectivity index (χ3v) is 3.15. The highest BCUT2D eigenvalue weighted by molar-refractivity contribution is 5.79. The number of carbonyl (C=O) groups excluding carboxylic acids is 1. The number of hydrogen-bond donors (Lipinski definition) is 2. The fraction of sp³-hybridized carbons (Fsp3) is 0.900. The van der Waals surface area contributed by atoms with Crippen molar-refractivity contribution in [2.75, 3.05) is 0 Å². The molecule has 13 heavy (non-hydrogen) atoms. The van der Waals surface area contributed by atoms with Gasteiger partial charge in [0.1, 0.15) is 0 Å². The largest absolute Gasteiger partial charge is 0.353 e. The molecule has 0 radical (unpaired) electrons. The first-order valence-corrected chi connectivity index (χ1v) is 5.08. The summed E-state index contributed by atoms with van der Waals surface area (Å²) in [5, 5.41) is 3.03. The first kappa shape index (κ1) is 10.5. The van der Waals surface area contributed by atoms with E-state index in [1.54, 1.807) is 0 Å². The van der Waals surface area contributed by atoms with Crippen molar-refractivity contribution >= 4 is 5.91 Å². The summed E-state index contributed by atoms with van der Waals surface area (Å²) in [4.78, 5) is 11.5. The summed E-state index contributed by atoms with van der Waals surface area (Å²) in [7, 11) is 0. The zero-order chi connectivity index (χ0) is 10.0. The molecule has 3 N–H and O–H groups in total. The first-order chi connectivity index (χ1) is 6.02. The van der Waals surface area contributed by atoms with Gasteiger partial charge in [0.15, 0.2) is 0 Å². The van der Waals surface area contributed by atoms with Gasteiger partial charge in [0.2, 0.25) is 5.91 Å². The van der Waals surface area contributed by atoms with Gasteiger partial charge in [0.05, 0.1) is 0 Å². The van der Waals surface area contributed by atoms with Gasteiger partial charge in [0, 0.05) is 18.0 Å². The van der Waals surface area contributed by atoms with E-state index in [4.69, 9.17) is 5.73 Å². The van der Waals surface area contributed by atoms with Gasteiger partial charge in [-0.2, -0.15) is 0 Å². The van der Waals surface area contributed by atoms with Crippen LogP contribution in [0.3, 0.4) is 0 Å². The molecule has 0 spiro atoms. The summed E-state index contributed by atoms with van der Waals surface area (Å²) in [6.45, 7) is 5.92. The maximum Gasteiger partial charge on any atom is 0.224 e. The predicted molar refractivity (Wildman–Crippen MR) is 53.1 cm³/mol. The van der Waals surface area contributed by atoms with Crippen LogP contribution in [-0.4, -0.2) is 18.0 Å². The monoisotopic (exact) mass is 184 g/mol. The van der Waals surface area contributed by atoms with Gasteiger partial charge in [-0.25, -0.2) is 0 Å². The lowest BCUT2D eigenvalue weighted by atomic mass is 9.81. The molecule has 1 fully saturated rings. The van der Waals surface area contributed by atoms with Gasteiger partial charge in [-0.15, -0.1) is 0 Å². The third kappa shape index (κ3) is 2.44. The smallest absolute Gasteiger partial charge is 0.224 e. The Morgan fingerprint density at radius 1 is 1.46 bits per heavy atom. The van der Waals surface area contributed by atoms with Crippen LogP contribution >= 0.6 is 0 Å². The van der Waals surface area contributed by atoms with Crippen molar-refractivity contribution in [3.8, 4) is 0 Å². The average molecular weight is 184 g/mol. The Labute approximate surface area is 80.1 Å². The zero-order valence-electron chi connectivity index (χ0n) is 8.71. The second-order valence-electron chi connectivity index (χ2n) is 4.32. The van der Waals surface area contributed by atoms with Crippen LogP contribution in [0.5, 0.6) is 0 Å². The quantitative estimate of drug-likeness (QED) is 0.684. The number of rotatable bonds is 3. The van der Waals surface area contributed by atoms with Crippen LogP contribution < -0.4 is 11.1 Å². The van der Waals surface area contributed by atoms with Crippen molar-refractivity contribution in [1.82, 2.24) is 5.32 Å². The summed E-state index contributed by atoms with van der Waals surface area (Å²) >= 11 is 0. The molecule has 3 nitrogen and oxygen atoms in total. The summed E-state index contributed by atoms with van der Waals surface area (Å²) in [5.74, 6) is 0.670. The summed E-state index contributed by atoms with van der Waals surface area (Å²) in [6, 6.07) is 0.337. The molecule has 1 aliphatic rings. The normalized spacial score (nSPS) is 31.7. The molecule has 3 heteroatoms. The lowest BCUT2D eigenvalue weighted by Gasteiger charge is -2.35. The van der Waals surface area contributed by atoms with E-state index in [0.717, 1.165) is 6.42 Å². The Morgan fingerprint density at radius 3 is 2.38 bits per heavy atom. The van der Waals surface area contributed by atoms with Crippen LogP contribution in [0.25, 0.3) is 0 Å². The second-order valence-corrected chi connectivity index (χ2v) is 4.32. The number of hydrogen-bond acceptors (Lipinski definition) is 2. The molecule has 0 aliphatic heterocycles. The minimum atomic E-state index is -0.0761. The highest BCUT2D eigenvalue weighted by Gasteiger charge is 2.29. The molecule has 76 valence electrons. The van der Waals surface area contributed by atoms with Crippen LogP contribution in [0.2, 0.25) is 0 Å². The van der Waals surface area contributed by atoms with Gasteiger partial charge in [0.25, 0.3) is 0 Å². The molecule has 1 saturated carbocycles. The summed E-state index contributed by atoms with van der Waals surface area (Å²) in [6.07, 6.45) is 2.36.